The Kier molecular flexibility index (Phi) is 4.92. The van der Waals surface area contributed by atoms with Crippen LogP contribution < -0.4 is 0 Å². The Morgan fingerprint density at radius 2 is 2.21 bits per heavy atom. The summed E-state index contributed by atoms with van der Waals surface area (Å²) in [5.74, 6) is 0.843. The number of thioether (sulfide) groups is 1. The molecule has 0 aliphatic carbocycles. The number of rotatable bonds is 5. The van der Waals surface area contributed by atoms with E-state index in [4.69, 9.17) is 16.0 Å². The summed E-state index contributed by atoms with van der Waals surface area (Å²) >= 11 is 7.63. The van der Waals surface area contributed by atoms with E-state index in [-0.39, 0.29) is 5.76 Å². The van der Waals surface area contributed by atoms with Gasteiger partial charge < -0.3 is 9.15 Å². The van der Waals surface area contributed by atoms with Crippen LogP contribution in [0.1, 0.15) is 21.9 Å². The van der Waals surface area contributed by atoms with Crippen LogP contribution >= 0.6 is 23.4 Å². The van der Waals surface area contributed by atoms with E-state index in [1.807, 2.05) is 29.7 Å². The van der Waals surface area contributed by atoms with Crippen LogP contribution in [0.4, 0.5) is 0 Å². The molecule has 0 unspecified atom stereocenters. The number of methoxy groups -OCH3 is 1. The van der Waals surface area contributed by atoms with Crippen LogP contribution in [0.2, 0.25) is 5.02 Å². The average molecular weight is 364 g/mol. The van der Waals surface area contributed by atoms with Crippen LogP contribution in [-0.4, -0.2) is 27.8 Å². The summed E-state index contributed by atoms with van der Waals surface area (Å²) in [6.07, 6.45) is 1.63. The van der Waals surface area contributed by atoms with E-state index in [0.29, 0.717) is 21.7 Å². The Bertz CT molecular complexity index is 875. The second-order valence-corrected chi connectivity index (χ2v) is 6.31. The summed E-state index contributed by atoms with van der Waals surface area (Å²) < 4.78 is 11.9. The molecule has 0 atom stereocenters. The monoisotopic (exact) mass is 363 g/mol. The minimum absolute atomic E-state index is 0.180. The van der Waals surface area contributed by atoms with Gasteiger partial charge >= 0.3 is 5.97 Å². The van der Waals surface area contributed by atoms with E-state index in [1.165, 1.54) is 18.9 Å². The number of furan rings is 1. The first-order chi connectivity index (χ1) is 11.6. The molecule has 0 fully saturated rings. The van der Waals surface area contributed by atoms with Gasteiger partial charge in [0.1, 0.15) is 12.1 Å². The molecule has 3 rings (SSSR count). The standard InChI is InChI=1S/C16H14ClN3O3S/c1-10-3-4-11(7-13(10)17)20-9-18-19-16(20)24-8-12-5-6-14(23-12)15(21)22-2/h3-7,9H,8H2,1-2H3. The number of aryl methyl sites for hydroxylation is 1. The average Bonchev–Trinajstić information content (AvgIpc) is 3.23. The molecule has 8 heteroatoms. The first-order valence-corrected chi connectivity index (χ1v) is 8.41. The van der Waals surface area contributed by atoms with Gasteiger partial charge in [0.2, 0.25) is 5.76 Å². The van der Waals surface area contributed by atoms with Crippen molar-refractivity contribution in [1.29, 1.82) is 0 Å². The van der Waals surface area contributed by atoms with Crippen molar-refractivity contribution in [1.82, 2.24) is 14.8 Å². The molecule has 0 aliphatic heterocycles. The number of nitrogens with zero attached hydrogens (tertiary/aromatic N) is 3. The SMILES string of the molecule is COC(=O)c1ccc(CSc2nncn2-c2ccc(C)c(Cl)c2)o1. The quantitative estimate of drug-likeness (QED) is 0.505. The molecule has 0 bridgehead atoms. The third kappa shape index (κ3) is 3.47. The molecule has 0 aliphatic rings. The normalized spacial score (nSPS) is 10.8. The zero-order valence-electron chi connectivity index (χ0n) is 13.0. The van der Waals surface area contributed by atoms with Crippen molar-refractivity contribution < 1.29 is 13.9 Å². The Labute approximate surface area is 147 Å². The Morgan fingerprint density at radius 1 is 1.38 bits per heavy atom. The van der Waals surface area contributed by atoms with Gasteiger partial charge in [0.05, 0.1) is 18.6 Å². The molecule has 2 aromatic heterocycles. The van der Waals surface area contributed by atoms with E-state index in [2.05, 4.69) is 14.9 Å². The summed E-state index contributed by atoms with van der Waals surface area (Å²) in [4.78, 5) is 11.4. The highest BCUT2D eigenvalue weighted by Crippen LogP contribution is 2.26. The van der Waals surface area contributed by atoms with Gasteiger partial charge in [-0.1, -0.05) is 29.4 Å². The molecule has 0 saturated carbocycles. The lowest BCUT2D eigenvalue weighted by molar-refractivity contribution is 0.0563. The zero-order valence-corrected chi connectivity index (χ0v) is 14.6. The van der Waals surface area contributed by atoms with Gasteiger partial charge in [-0.05, 0) is 36.8 Å². The highest BCUT2D eigenvalue weighted by molar-refractivity contribution is 7.98. The molecule has 0 spiro atoms. The van der Waals surface area contributed by atoms with E-state index >= 15 is 0 Å². The third-order valence-electron chi connectivity index (χ3n) is 3.34. The fourth-order valence-electron chi connectivity index (χ4n) is 2.03. The van der Waals surface area contributed by atoms with Gasteiger partial charge in [-0.15, -0.1) is 10.2 Å². The fraction of sp³-hybridized carbons (Fsp3) is 0.188. The summed E-state index contributed by atoms with van der Waals surface area (Å²) in [5, 5.41) is 9.46. The maximum atomic E-state index is 11.4. The number of carbonyl (C=O) groups is 1. The summed E-state index contributed by atoms with van der Waals surface area (Å²) in [5.41, 5.74) is 1.89. The number of hydrogen-bond acceptors (Lipinski definition) is 6. The maximum absolute atomic E-state index is 11.4. The van der Waals surface area contributed by atoms with Gasteiger partial charge in [0.15, 0.2) is 5.16 Å². The van der Waals surface area contributed by atoms with Gasteiger partial charge in [-0.25, -0.2) is 4.79 Å². The largest absolute Gasteiger partial charge is 0.463 e. The number of carbonyl (C=O) groups excluding carboxylic acids is 1. The van der Waals surface area contributed by atoms with Crippen LogP contribution in [0.3, 0.4) is 0 Å². The first kappa shape index (κ1) is 16.6. The predicted molar refractivity (Wildman–Crippen MR) is 90.7 cm³/mol. The van der Waals surface area contributed by atoms with Crippen LogP contribution in [0.25, 0.3) is 5.69 Å². The zero-order chi connectivity index (χ0) is 17.1. The van der Waals surface area contributed by atoms with E-state index < -0.39 is 5.97 Å². The Hall–Kier alpha value is -2.25. The van der Waals surface area contributed by atoms with Crippen molar-refractivity contribution in [2.24, 2.45) is 0 Å². The minimum atomic E-state index is -0.497. The van der Waals surface area contributed by atoms with Crippen LogP contribution in [0.5, 0.6) is 0 Å². The molecular formula is C16H14ClN3O3S. The lowest BCUT2D eigenvalue weighted by Crippen LogP contribution is -1.98. The van der Waals surface area contributed by atoms with Crippen molar-refractivity contribution in [3.05, 3.63) is 58.8 Å². The molecular weight excluding hydrogens is 350 g/mol. The van der Waals surface area contributed by atoms with Crippen LogP contribution in [0.15, 0.2) is 46.2 Å². The summed E-state index contributed by atoms with van der Waals surface area (Å²) in [6, 6.07) is 9.10. The van der Waals surface area contributed by atoms with E-state index in [1.54, 1.807) is 18.5 Å². The maximum Gasteiger partial charge on any atom is 0.373 e. The molecule has 3 aromatic rings. The number of halogens is 1. The topological polar surface area (TPSA) is 70.2 Å². The highest BCUT2D eigenvalue weighted by atomic mass is 35.5. The van der Waals surface area contributed by atoms with E-state index in [9.17, 15) is 4.79 Å². The minimum Gasteiger partial charge on any atom is -0.463 e. The van der Waals surface area contributed by atoms with Gasteiger partial charge in [0, 0.05) is 5.02 Å². The smallest absolute Gasteiger partial charge is 0.373 e. The fourth-order valence-corrected chi connectivity index (χ4v) is 3.03. The lowest BCUT2D eigenvalue weighted by atomic mass is 10.2. The van der Waals surface area contributed by atoms with Gasteiger partial charge in [-0.3, -0.25) is 4.57 Å². The molecule has 0 radical (unpaired) electrons. The van der Waals surface area contributed by atoms with Crippen LogP contribution in [-0.2, 0) is 10.5 Å². The van der Waals surface area contributed by atoms with Gasteiger partial charge in [0.25, 0.3) is 0 Å². The van der Waals surface area contributed by atoms with Crippen molar-refractivity contribution in [3.8, 4) is 5.69 Å². The Balaban J connectivity index is 1.75. The molecule has 0 saturated heterocycles. The van der Waals surface area contributed by atoms with E-state index in [0.717, 1.165) is 11.3 Å². The lowest BCUT2D eigenvalue weighted by Gasteiger charge is -2.07. The third-order valence-corrected chi connectivity index (χ3v) is 4.71. The molecule has 124 valence electrons. The summed E-state index contributed by atoms with van der Waals surface area (Å²) in [6.45, 7) is 1.95. The van der Waals surface area contributed by atoms with Gasteiger partial charge in [-0.2, -0.15) is 0 Å². The van der Waals surface area contributed by atoms with Crippen molar-refractivity contribution in [2.45, 2.75) is 17.8 Å². The number of benzene rings is 1. The molecule has 2 heterocycles. The summed E-state index contributed by atoms with van der Waals surface area (Å²) in [7, 11) is 1.31. The Morgan fingerprint density at radius 3 is 2.96 bits per heavy atom. The number of esters is 1. The second kappa shape index (κ2) is 7.11. The molecule has 24 heavy (non-hydrogen) atoms. The number of aromatic nitrogens is 3. The predicted octanol–water partition coefficient (Wildman–Crippen LogP) is 3.90. The molecule has 1 aromatic carbocycles. The number of ether oxygens (including phenoxy) is 1. The van der Waals surface area contributed by atoms with Crippen LogP contribution in [0, 0.1) is 6.92 Å². The molecule has 0 amide bonds. The molecule has 6 nitrogen and oxygen atoms in total. The molecule has 0 N–H and O–H groups in total. The second-order valence-electron chi connectivity index (χ2n) is 4.96. The highest BCUT2D eigenvalue weighted by Gasteiger charge is 2.13. The first-order valence-electron chi connectivity index (χ1n) is 7.05. The van der Waals surface area contributed by atoms with Crippen molar-refractivity contribution in [2.75, 3.05) is 7.11 Å². The number of hydrogen-bond donors (Lipinski definition) is 0. The van der Waals surface area contributed by atoms with Crippen molar-refractivity contribution >= 4 is 29.3 Å². The van der Waals surface area contributed by atoms with Crippen molar-refractivity contribution in [3.63, 3.8) is 0 Å².